The number of alkyl halides is 3. The number of nitrogens with one attached hydrogen (secondary N) is 2. The summed E-state index contributed by atoms with van der Waals surface area (Å²) in [6.45, 7) is 5.19. The molecule has 2 saturated carbocycles. The number of carbonyl (C=O) groups is 2. The predicted molar refractivity (Wildman–Crippen MR) is 99.2 cm³/mol. The van der Waals surface area contributed by atoms with Crippen molar-refractivity contribution in [1.29, 1.82) is 0 Å². The monoisotopic (exact) mass is 432 g/mol. The van der Waals surface area contributed by atoms with Crippen LogP contribution in [0.1, 0.15) is 40.0 Å². The van der Waals surface area contributed by atoms with E-state index in [-0.39, 0.29) is 17.5 Å². The van der Waals surface area contributed by atoms with E-state index in [0.29, 0.717) is 0 Å². The van der Waals surface area contributed by atoms with Crippen LogP contribution in [-0.4, -0.2) is 30.0 Å². The molecule has 0 aromatic heterocycles. The molecule has 0 spiro atoms. The average molecular weight is 432 g/mol. The standard InChI is InChI=1S/C20H24F4N2O4/c1-19(2,3)30-18(28)26-16-11-5-4-10(8-11)15(16)17(27)25-12-6-7-13(21)14(9-12)29-20(22,23)24/h6-7,9-11,15-16H,4-5,8H2,1-3H3,(H,25,27)(H,26,28)/t10-,11+,15+,16-/m1/s1. The van der Waals surface area contributed by atoms with Gasteiger partial charge in [-0.2, -0.15) is 0 Å². The van der Waals surface area contributed by atoms with Crippen LogP contribution in [-0.2, 0) is 9.53 Å². The largest absolute Gasteiger partial charge is 0.573 e. The van der Waals surface area contributed by atoms with Crippen LogP contribution in [0.25, 0.3) is 0 Å². The number of carbonyl (C=O) groups excluding carboxylic acids is 2. The third kappa shape index (κ3) is 5.34. The average Bonchev–Trinajstić information content (AvgIpc) is 3.16. The van der Waals surface area contributed by atoms with Gasteiger partial charge in [-0.3, -0.25) is 4.79 Å². The Morgan fingerprint density at radius 3 is 2.40 bits per heavy atom. The highest BCUT2D eigenvalue weighted by atomic mass is 19.4. The molecule has 0 unspecified atom stereocenters. The molecule has 0 radical (unpaired) electrons. The van der Waals surface area contributed by atoms with E-state index >= 15 is 0 Å². The second-order valence-corrected chi connectivity index (χ2v) is 8.71. The zero-order chi connectivity index (χ0) is 22.3. The van der Waals surface area contributed by atoms with Gasteiger partial charge in [-0.05, 0) is 64.0 Å². The molecule has 2 aliphatic carbocycles. The lowest BCUT2D eigenvalue weighted by Gasteiger charge is -2.31. The molecule has 2 fully saturated rings. The second kappa shape index (κ2) is 7.96. The van der Waals surface area contributed by atoms with Crippen LogP contribution in [0, 0.1) is 23.6 Å². The van der Waals surface area contributed by atoms with Gasteiger partial charge in [-0.25, -0.2) is 9.18 Å². The van der Waals surface area contributed by atoms with Crippen molar-refractivity contribution in [2.24, 2.45) is 17.8 Å². The molecule has 30 heavy (non-hydrogen) atoms. The number of amides is 2. The topological polar surface area (TPSA) is 76.7 Å². The van der Waals surface area contributed by atoms with Crippen molar-refractivity contribution in [3.8, 4) is 5.75 Å². The van der Waals surface area contributed by atoms with Crippen LogP contribution >= 0.6 is 0 Å². The Morgan fingerprint density at radius 1 is 1.10 bits per heavy atom. The van der Waals surface area contributed by atoms with Crippen molar-refractivity contribution in [1.82, 2.24) is 5.32 Å². The number of ether oxygens (including phenoxy) is 2. The first-order valence-corrected chi connectivity index (χ1v) is 9.68. The number of fused-ring (bicyclic) bond motifs is 2. The Balaban J connectivity index is 1.72. The fourth-order valence-electron chi connectivity index (χ4n) is 4.33. The van der Waals surface area contributed by atoms with E-state index in [1.54, 1.807) is 20.8 Å². The Hall–Kier alpha value is -2.52. The minimum Gasteiger partial charge on any atom is -0.444 e. The smallest absolute Gasteiger partial charge is 0.444 e. The van der Waals surface area contributed by atoms with Gasteiger partial charge in [-0.15, -0.1) is 13.2 Å². The van der Waals surface area contributed by atoms with Gasteiger partial charge in [0, 0.05) is 17.8 Å². The third-order valence-corrected chi connectivity index (χ3v) is 5.33. The summed E-state index contributed by atoms with van der Waals surface area (Å²) in [5, 5.41) is 5.31. The molecule has 0 saturated heterocycles. The summed E-state index contributed by atoms with van der Waals surface area (Å²) in [6.07, 6.45) is -3.22. The Morgan fingerprint density at radius 2 is 1.77 bits per heavy atom. The molecule has 2 amide bonds. The lowest BCUT2D eigenvalue weighted by Crippen LogP contribution is -2.49. The van der Waals surface area contributed by atoms with E-state index < -0.39 is 47.5 Å². The summed E-state index contributed by atoms with van der Waals surface area (Å²) < 4.78 is 59.8. The first kappa shape index (κ1) is 22.2. The van der Waals surface area contributed by atoms with Crippen LogP contribution in [0.2, 0.25) is 0 Å². The molecule has 2 N–H and O–H groups in total. The van der Waals surface area contributed by atoms with E-state index in [4.69, 9.17) is 4.74 Å². The SMILES string of the molecule is CC(C)(C)OC(=O)N[C@@H]1[C@H]2CC[C@H](C2)[C@@H]1C(=O)Nc1ccc(F)c(OC(F)(F)F)c1. The van der Waals surface area contributed by atoms with Crippen LogP contribution in [0.15, 0.2) is 18.2 Å². The van der Waals surface area contributed by atoms with Crippen molar-refractivity contribution in [2.45, 2.75) is 58.0 Å². The minimum atomic E-state index is -5.06. The molecule has 1 aromatic carbocycles. The molecule has 2 bridgehead atoms. The minimum absolute atomic E-state index is 0.0283. The maximum atomic E-state index is 13.6. The number of halogens is 4. The van der Waals surface area contributed by atoms with Gasteiger partial charge in [0.25, 0.3) is 0 Å². The number of anilines is 1. The van der Waals surface area contributed by atoms with Gasteiger partial charge in [0.15, 0.2) is 11.6 Å². The lowest BCUT2D eigenvalue weighted by molar-refractivity contribution is -0.275. The number of rotatable bonds is 4. The molecule has 0 heterocycles. The molecule has 6 nitrogen and oxygen atoms in total. The number of hydrogen-bond donors (Lipinski definition) is 2. The van der Waals surface area contributed by atoms with Gasteiger partial charge in [0.2, 0.25) is 5.91 Å². The summed E-state index contributed by atoms with van der Waals surface area (Å²) in [5.41, 5.74) is -0.720. The van der Waals surface area contributed by atoms with Crippen LogP contribution in [0.3, 0.4) is 0 Å². The molecule has 166 valence electrons. The molecule has 10 heteroatoms. The zero-order valence-electron chi connectivity index (χ0n) is 16.8. The van der Waals surface area contributed by atoms with Crippen molar-refractivity contribution < 1.29 is 36.6 Å². The van der Waals surface area contributed by atoms with Gasteiger partial charge in [-0.1, -0.05) is 0 Å². The van der Waals surface area contributed by atoms with E-state index in [1.807, 2.05) is 0 Å². The predicted octanol–water partition coefficient (Wildman–Crippen LogP) is 4.60. The van der Waals surface area contributed by atoms with E-state index in [2.05, 4.69) is 15.4 Å². The van der Waals surface area contributed by atoms with Crippen LogP contribution < -0.4 is 15.4 Å². The molecular weight excluding hydrogens is 408 g/mol. The fraction of sp³-hybridized carbons (Fsp3) is 0.600. The van der Waals surface area contributed by atoms with Crippen molar-refractivity contribution in [3.05, 3.63) is 24.0 Å². The van der Waals surface area contributed by atoms with Crippen LogP contribution in [0.5, 0.6) is 5.75 Å². The van der Waals surface area contributed by atoms with E-state index in [9.17, 15) is 27.2 Å². The molecule has 1 aromatic rings. The van der Waals surface area contributed by atoms with Gasteiger partial charge in [0.1, 0.15) is 5.60 Å². The van der Waals surface area contributed by atoms with Gasteiger partial charge < -0.3 is 20.1 Å². The first-order valence-electron chi connectivity index (χ1n) is 9.68. The summed E-state index contributed by atoms with van der Waals surface area (Å²) >= 11 is 0. The van der Waals surface area contributed by atoms with Crippen molar-refractivity contribution in [2.75, 3.05) is 5.32 Å². The first-order chi connectivity index (χ1) is 13.8. The number of hydrogen-bond acceptors (Lipinski definition) is 4. The molecule has 4 atom stereocenters. The van der Waals surface area contributed by atoms with Crippen molar-refractivity contribution >= 4 is 17.7 Å². The van der Waals surface area contributed by atoms with Gasteiger partial charge >= 0.3 is 12.5 Å². The highest BCUT2D eigenvalue weighted by Crippen LogP contribution is 2.49. The van der Waals surface area contributed by atoms with Crippen LogP contribution in [0.4, 0.5) is 28.0 Å². The molecule has 0 aliphatic heterocycles. The lowest BCUT2D eigenvalue weighted by atomic mass is 9.83. The highest BCUT2D eigenvalue weighted by Gasteiger charge is 2.51. The Kier molecular flexibility index (Phi) is 5.88. The Labute approximate surface area is 171 Å². The van der Waals surface area contributed by atoms with Gasteiger partial charge in [0.05, 0.1) is 5.92 Å². The second-order valence-electron chi connectivity index (χ2n) is 8.71. The summed E-state index contributed by atoms with van der Waals surface area (Å²) in [4.78, 5) is 25.1. The molecule has 3 rings (SSSR count). The summed E-state index contributed by atoms with van der Waals surface area (Å²) in [5.74, 6) is -3.08. The maximum Gasteiger partial charge on any atom is 0.573 e. The Bertz CT molecular complexity index is 822. The zero-order valence-corrected chi connectivity index (χ0v) is 16.8. The molecular formula is C20H24F4N2O4. The molecule has 2 aliphatic rings. The van der Waals surface area contributed by atoms with Crippen molar-refractivity contribution in [3.63, 3.8) is 0 Å². The number of alkyl carbamates (subject to hydrolysis) is 1. The van der Waals surface area contributed by atoms with E-state index in [0.717, 1.165) is 37.5 Å². The summed E-state index contributed by atoms with van der Waals surface area (Å²) in [7, 11) is 0. The third-order valence-electron chi connectivity index (χ3n) is 5.33. The highest BCUT2D eigenvalue weighted by molar-refractivity contribution is 5.94. The summed E-state index contributed by atoms with van der Waals surface area (Å²) in [6, 6.07) is 2.28. The fourth-order valence-corrected chi connectivity index (χ4v) is 4.33. The quantitative estimate of drug-likeness (QED) is 0.682. The normalized spacial score (nSPS) is 25.7. The number of benzene rings is 1. The van der Waals surface area contributed by atoms with E-state index in [1.165, 1.54) is 0 Å². The maximum absolute atomic E-state index is 13.6.